The van der Waals surface area contributed by atoms with Gasteiger partial charge >= 0.3 is 7.12 Å². The lowest BCUT2D eigenvalue weighted by Crippen LogP contribution is -2.30. The Labute approximate surface area is 82.2 Å². The Hall–Kier alpha value is -0.0951. The molecule has 1 aromatic carbocycles. The van der Waals surface area contributed by atoms with Crippen LogP contribution in [0.1, 0.15) is 0 Å². The first-order valence-corrected chi connectivity index (χ1v) is 4.20. The molecule has 2 N–H and O–H groups in total. The summed E-state index contributed by atoms with van der Waals surface area (Å²) in [5.74, 6) is -0.686. The Morgan fingerprint density at radius 2 is 2.00 bits per heavy atom. The smallest absolute Gasteiger partial charge is 0.423 e. The number of rotatable bonds is 1. The molecule has 0 amide bonds. The monoisotopic (exact) mass is 252 g/mol. The minimum absolute atomic E-state index is 0.0591. The second-order valence-electron chi connectivity index (χ2n) is 2.17. The van der Waals surface area contributed by atoms with Gasteiger partial charge in [-0.3, -0.25) is 0 Å². The van der Waals surface area contributed by atoms with Gasteiger partial charge in [0.1, 0.15) is 5.82 Å². The summed E-state index contributed by atoms with van der Waals surface area (Å²) in [7, 11) is -1.69. The lowest BCUT2D eigenvalue weighted by molar-refractivity contribution is 0.425. The SMILES string of the molecule is OB(O)c1cc(F)c(Cl)c(Br)c1. The van der Waals surface area contributed by atoms with Crippen molar-refractivity contribution >= 4 is 40.1 Å². The average Bonchev–Trinajstić information content (AvgIpc) is 1.99. The maximum absolute atomic E-state index is 12.8. The van der Waals surface area contributed by atoms with Crippen LogP contribution in [-0.2, 0) is 0 Å². The molecular formula is C6H4BBrClFO2. The number of hydrogen-bond acceptors (Lipinski definition) is 2. The van der Waals surface area contributed by atoms with Gasteiger partial charge in [-0.1, -0.05) is 11.6 Å². The zero-order valence-electron chi connectivity index (χ0n) is 5.76. The topological polar surface area (TPSA) is 40.5 Å². The summed E-state index contributed by atoms with van der Waals surface area (Å²) in [4.78, 5) is 0. The van der Waals surface area contributed by atoms with Crippen molar-refractivity contribution in [2.75, 3.05) is 0 Å². The molecule has 0 aliphatic carbocycles. The van der Waals surface area contributed by atoms with Crippen LogP contribution in [0.5, 0.6) is 0 Å². The maximum Gasteiger partial charge on any atom is 0.488 e. The number of halogens is 3. The van der Waals surface area contributed by atoms with Crippen molar-refractivity contribution in [3.05, 3.63) is 27.4 Å². The predicted molar refractivity (Wildman–Crippen MR) is 48.9 cm³/mol. The van der Waals surface area contributed by atoms with Gasteiger partial charge in [0.25, 0.3) is 0 Å². The first-order chi connectivity index (χ1) is 5.52. The quantitative estimate of drug-likeness (QED) is 0.577. The molecule has 6 heteroatoms. The maximum atomic E-state index is 12.8. The van der Waals surface area contributed by atoms with E-state index in [0.717, 1.165) is 6.07 Å². The van der Waals surface area contributed by atoms with Crippen molar-refractivity contribution in [3.63, 3.8) is 0 Å². The Kier molecular flexibility index (Phi) is 3.12. The summed E-state index contributed by atoms with van der Waals surface area (Å²) in [5, 5.41) is 17.3. The lowest BCUT2D eigenvalue weighted by Gasteiger charge is -2.02. The molecule has 0 atom stereocenters. The van der Waals surface area contributed by atoms with E-state index in [9.17, 15) is 4.39 Å². The largest absolute Gasteiger partial charge is 0.488 e. The van der Waals surface area contributed by atoms with Crippen molar-refractivity contribution in [3.8, 4) is 0 Å². The average molecular weight is 253 g/mol. The molecule has 12 heavy (non-hydrogen) atoms. The van der Waals surface area contributed by atoms with Crippen molar-refractivity contribution in [2.24, 2.45) is 0 Å². The van der Waals surface area contributed by atoms with Gasteiger partial charge < -0.3 is 10.0 Å². The van der Waals surface area contributed by atoms with Gasteiger partial charge in [0.2, 0.25) is 0 Å². The highest BCUT2D eigenvalue weighted by Crippen LogP contribution is 2.23. The Balaban J connectivity index is 3.21. The van der Waals surface area contributed by atoms with E-state index in [1.807, 2.05) is 0 Å². The third kappa shape index (κ3) is 1.98. The first-order valence-electron chi connectivity index (χ1n) is 3.03. The van der Waals surface area contributed by atoms with Gasteiger partial charge in [-0.2, -0.15) is 0 Å². The van der Waals surface area contributed by atoms with E-state index < -0.39 is 12.9 Å². The minimum Gasteiger partial charge on any atom is -0.423 e. The molecule has 0 aliphatic rings. The second kappa shape index (κ2) is 3.74. The van der Waals surface area contributed by atoms with Crippen LogP contribution >= 0.6 is 27.5 Å². The summed E-state index contributed by atoms with van der Waals surface area (Å²) in [5.41, 5.74) is 0.0591. The van der Waals surface area contributed by atoms with E-state index in [4.69, 9.17) is 21.6 Å². The van der Waals surface area contributed by atoms with Crippen LogP contribution in [0.2, 0.25) is 5.02 Å². The highest BCUT2D eigenvalue weighted by molar-refractivity contribution is 9.10. The molecule has 0 saturated carbocycles. The van der Waals surface area contributed by atoms with Gasteiger partial charge in [0.15, 0.2) is 0 Å². The van der Waals surface area contributed by atoms with Crippen LogP contribution in [0.3, 0.4) is 0 Å². The molecule has 1 rings (SSSR count). The van der Waals surface area contributed by atoms with Crippen molar-refractivity contribution in [1.29, 1.82) is 0 Å². The first kappa shape index (κ1) is 9.99. The lowest BCUT2D eigenvalue weighted by atomic mass is 9.80. The Morgan fingerprint density at radius 3 is 2.42 bits per heavy atom. The van der Waals surface area contributed by atoms with Gasteiger partial charge in [0.05, 0.1) is 5.02 Å². The third-order valence-corrected chi connectivity index (χ3v) is 2.54. The summed E-state index contributed by atoms with van der Waals surface area (Å²) in [6.45, 7) is 0. The van der Waals surface area contributed by atoms with Crippen molar-refractivity contribution in [2.45, 2.75) is 0 Å². The summed E-state index contributed by atoms with van der Waals surface area (Å²) in [6.07, 6.45) is 0. The minimum atomic E-state index is -1.69. The number of hydrogen-bond donors (Lipinski definition) is 2. The van der Waals surface area contributed by atoms with Crippen LogP contribution in [0.4, 0.5) is 4.39 Å². The predicted octanol–water partition coefficient (Wildman–Crippen LogP) is 0.921. The molecule has 0 heterocycles. The van der Waals surface area contributed by atoms with Crippen LogP contribution in [0.15, 0.2) is 16.6 Å². The molecule has 0 spiro atoms. The van der Waals surface area contributed by atoms with Crippen LogP contribution in [-0.4, -0.2) is 17.2 Å². The van der Waals surface area contributed by atoms with Gasteiger partial charge in [-0.15, -0.1) is 0 Å². The van der Waals surface area contributed by atoms with Gasteiger partial charge in [0, 0.05) is 4.47 Å². The summed E-state index contributed by atoms with van der Waals surface area (Å²) >= 11 is 8.44. The fraction of sp³-hybridized carbons (Fsp3) is 0. The zero-order valence-corrected chi connectivity index (χ0v) is 8.10. The van der Waals surface area contributed by atoms with Gasteiger partial charge in [-0.05, 0) is 33.5 Å². The molecule has 0 aromatic heterocycles. The van der Waals surface area contributed by atoms with E-state index >= 15 is 0 Å². The molecule has 0 bridgehead atoms. The zero-order chi connectivity index (χ0) is 9.30. The molecular weight excluding hydrogens is 249 g/mol. The standard InChI is InChI=1S/C6H4BBrClFO2/c8-4-1-3(7(11)12)2-5(10)6(4)9/h1-2,11-12H. The Bertz CT molecular complexity index is 285. The molecule has 0 aliphatic heterocycles. The highest BCUT2D eigenvalue weighted by atomic mass is 79.9. The second-order valence-corrected chi connectivity index (χ2v) is 3.40. The van der Waals surface area contributed by atoms with E-state index in [0.29, 0.717) is 4.47 Å². The molecule has 0 fully saturated rings. The molecule has 1 aromatic rings. The number of benzene rings is 1. The van der Waals surface area contributed by atoms with Crippen LogP contribution < -0.4 is 5.46 Å². The molecule has 0 radical (unpaired) electrons. The fourth-order valence-electron chi connectivity index (χ4n) is 0.724. The fourth-order valence-corrected chi connectivity index (χ4v) is 1.29. The third-order valence-electron chi connectivity index (χ3n) is 1.30. The van der Waals surface area contributed by atoms with Crippen molar-refractivity contribution < 1.29 is 14.4 Å². The van der Waals surface area contributed by atoms with E-state index in [1.165, 1.54) is 6.07 Å². The van der Waals surface area contributed by atoms with Crippen LogP contribution in [0, 0.1) is 5.82 Å². The summed E-state index contributed by atoms with van der Waals surface area (Å²) in [6, 6.07) is 2.31. The van der Waals surface area contributed by atoms with E-state index in [2.05, 4.69) is 15.9 Å². The van der Waals surface area contributed by atoms with E-state index in [-0.39, 0.29) is 10.5 Å². The van der Waals surface area contributed by atoms with Gasteiger partial charge in [-0.25, -0.2) is 4.39 Å². The Morgan fingerprint density at radius 1 is 1.42 bits per heavy atom. The highest BCUT2D eigenvalue weighted by Gasteiger charge is 2.15. The normalized spacial score (nSPS) is 10.1. The van der Waals surface area contributed by atoms with E-state index in [1.54, 1.807) is 0 Å². The molecule has 0 saturated heterocycles. The van der Waals surface area contributed by atoms with Crippen LogP contribution in [0.25, 0.3) is 0 Å². The molecule has 0 unspecified atom stereocenters. The molecule has 64 valence electrons. The summed E-state index contributed by atoms with van der Waals surface area (Å²) < 4.78 is 13.1. The molecule has 2 nitrogen and oxygen atoms in total. The van der Waals surface area contributed by atoms with Crippen molar-refractivity contribution in [1.82, 2.24) is 0 Å².